The maximum atomic E-state index is 4.91. The van der Waals surface area contributed by atoms with Gasteiger partial charge in [-0.2, -0.15) is 0 Å². The van der Waals surface area contributed by atoms with Gasteiger partial charge in [0.15, 0.2) is 0 Å². The minimum atomic E-state index is 0.960. The Morgan fingerprint density at radius 3 is 1.95 bits per heavy atom. The highest BCUT2D eigenvalue weighted by atomic mass is 15.1. The van der Waals surface area contributed by atoms with Gasteiger partial charge in [0.05, 0.1) is 39.5 Å². The van der Waals surface area contributed by atoms with E-state index in [4.69, 9.17) is 9.97 Å². The highest BCUT2D eigenvalue weighted by molar-refractivity contribution is 6.35. The van der Waals surface area contributed by atoms with E-state index >= 15 is 0 Å². The summed E-state index contributed by atoms with van der Waals surface area (Å²) in [6, 6.07) is 36.3. The van der Waals surface area contributed by atoms with Crippen LogP contribution < -0.4 is 0 Å². The van der Waals surface area contributed by atoms with Crippen molar-refractivity contribution in [3.63, 3.8) is 0 Å². The molecule has 0 bridgehead atoms. The molecule has 9 aromatic rings. The van der Waals surface area contributed by atoms with Crippen molar-refractivity contribution >= 4 is 65.3 Å². The van der Waals surface area contributed by atoms with E-state index in [1.54, 1.807) is 6.33 Å². The van der Waals surface area contributed by atoms with Gasteiger partial charge in [-0.3, -0.25) is 4.98 Å². The molecule has 0 aliphatic rings. The molecule has 0 spiro atoms. The van der Waals surface area contributed by atoms with Crippen molar-refractivity contribution in [1.82, 2.24) is 24.1 Å². The van der Waals surface area contributed by atoms with Crippen LogP contribution >= 0.6 is 0 Å². The van der Waals surface area contributed by atoms with Crippen LogP contribution in [0.3, 0.4) is 0 Å². The topological polar surface area (TPSA) is 48.5 Å². The number of nitrogens with zero attached hydrogens (tertiary/aromatic N) is 5. The molecular formula is C35H21N5. The highest BCUT2D eigenvalue weighted by Crippen LogP contribution is 2.46. The smallest absolute Gasteiger partial charge is 0.116 e. The van der Waals surface area contributed by atoms with E-state index < -0.39 is 0 Å². The molecule has 5 nitrogen and oxygen atoms in total. The summed E-state index contributed by atoms with van der Waals surface area (Å²) in [5.41, 5.74) is 7.63. The Hall–Kier alpha value is -5.55. The van der Waals surface area contributed by atoms with Gasteiger partial charge in [-0.1, -0.05) is 78.9 Å². The fourth-order valence-corrected chi connectivity index (χ4v) is 6.53. The third-order valence-corrected chi connectivity index (χ3v) is 8.09. The summed E-state index contributed by atoms with van der Waals surface area (Å²) in [6.45, 7) is 0. The number of para-hydroxylation sites is 3. The van der Waals surface area contributed by atoms with E-state index in [2.05, 4.69) is 117 Å². The first-order chi connectivity index (χ1) is 19.9. The lowest BCUT2D eigenvalue weighted by Gasteiger charge is -2.14. The Morgan fingerprint density at radius 2 is 1.12 bits per heavy atom. The maximum absolute atomic E-state index is 4.91. The Kier molecular flexibility index (Phi) is 4.27. The van der Waals surface area contributed by atoms with E-state index in [9.17, 15) is 0 Å². The molecule has 9 rings (SSSR count). The molecule has 0 aliphatic heterocycles. The summed E-state index contributed by atoms with van der Waals surface area (Å²) >= 11 is 0. The Morgan fingerprint density at radius 1 is 0.475 bits per heavy atom. The quantitative estimate of drug-likeness (QED) is 0.234. The first-order valence-corrected chi connectivity index (χ1v) is 13.4. The van der Waals surface area contributed by atoms with Crippen molar-refractivity contribution in [2.24, 2.45) is 0 Å². The number of rotatable bonds is 2. The Bertz CT molecular complexity index is 2430. The first kappa shape index (κ1) is 21.4. The molecule has 0 unspecified atom stereocenters. The fourth-order valence-electron chi connectivity index (χ4n) is 6.53. The van der Waals surface area contributed by atoms with Crippen molar-refractivity contribution in [3.05, 3.63) is 128 Å². The normalized spacial score (nSPS) is 12.0. The second kappa shape index (κ2) is 7.98. The summed E-state index contributed by atoms with van der Waals surface area (Å²) in [4.78, 5) is 14.1. The average Bonchev–Trinajstić information content (AvgIpc) is 3.55. The molecule has 0 saturated carbocycles. The standard InChI is InChI=1S/C35H21N5/c1-2-11-23(12-3-1)39-28-16-8-7-15-26(28)32-33-27(19-37-21-38-33)31-25-14-6-9-17-29(25)40(34(31)35(32)39)30-20-36-18-22-10-4-5-13-24(22)30/h1-21H. The van der Waals surface area contributed by atoms with Crippen molar-refractivity contribution in [1.29, 1.82) is 0 Å². The highest BCUT2D eigenvalue weighted by Gasteiger charge is 2.25. The van der Waals surface area contributed by atoms with Gasteiger partial charge in [-0.05, 0) is 24.3 Å². The van der Waals surface area contributed by atoms with Gasteiger partial charge in [0.2, 0.25) is 0 Å². The summed E-state index contributed by atoms with van der Waals surface area (Å²) in [5, 5.41) is 7.91. The van der Waals surface area contributed by atoms with Gasteiger partial charge in [0, 0.05) is 55.8 Å². The molecule has 5 aromatic carbocycles. The van der Waals surface area contributed by atoms with E-state index in [0.717, 1.165) is 71.3 Å². The van der Waals surface area contributed by atoms with Gasteiger partial charge in [0.25, 0.3) is 0 Å². The monoisotopic (exact) mass is 511 g/mol. The minimum Gasteiger partial charge on any atom is -0.307 e. The molecule has 40 heavy (non-hydrogen) atoms. The van der Waals surface area contributed by atoms with Crippen molar-refractivity contribution in [2.45, 2.75) is 0 Å². The number of fused-ring (bicyclic) bond motifs is 11. The number of hydrogen-bond donors (Lipinski definition) is 0. The van der Waals surface area contributed by atoms with Gasteiger partial charge in [0.1, 0.15) is 6.33 Å². The van der Waals surface area contributed by atoms with Gasteiger partial charge in [-0.15, -0.1) is 0 Å². The SMILES string of the molecule is c1ccc(-n2c3ccccc3c3c4ncncc4c4c5ccccc5n(-c5cncc6ccccc56)c4c32)cc1. The summed E-state index contributed by atoms with van der Waals surface area (Å²) in [7, 11) is 0. The van der Waals surface area contributed by atoms with Crippen molar-refractivity contribution in [3.8, 4) is 11.4 Å². The van der Waals surface area contributed by atoms with Crippen molar-refractivity contribution < 1.29 is 0 Å². The minimum absolute atomic E-state index is 0.960. The zero-order valence-electron chi connectivity index (χ0n) is 21.4. The van der Waals surface area contributed by atoms with Crippen LogP contribution in [0.5, 0.6) is 0 Å². The van der Waals surface area contributed by atoms with E-state index in [-0.39, 0.29) is 0 Å². The zero-order chi connectivity index (χ0) is 26.2. The fraction of sp³-hybridized carbons (Fsp3) is 0. The molecular weight excluding hydrogens is 490 g/mol. The molecule has 5 heteroatoms. The third-order valence-electron chi connectivity index (χ3n) is 8.09. The molecule has 0 amide bonds. The number of hydrogen-bond acceptors (Lipinski definition) is 3. The lowest BCUT2D eigenvalue weighted by molar-refractivity contribution is 1.14. The lowest BCUT2D eigenvalue weighted by Crippen LogP contribution is -2.00. The van der Waals surface area contributed by atoms with E-state index in [1.807, 2.05) is 18.6 Å². The van der Waals surface area contributed by atoms with Crippen LogP contribution in [0.4, 0.5) is 0 Å². The van der Waals surface area contributed by atoms with Gasteiger partial charge >= 0.3 is 0 Å². The van der Waals surface area contributed by atoms with Crippen LogP contribution in [0.25, 0.3) is 76.7 Å². The molecule has 0 N–H and O–H groups in total. The lowest BCUT2D eigenvalue weighted by atomic mass is 10.0. The summed E-state index contributed by atoms with van der Waals surface area (Å²) < 4.78 is 4.79. The Labute approximate surface area is 228 Å². The van der Waals surface area contributed by atoms with Crippen molar-refractivity contribution in [2.75, 3.05) is 0 Å². The average molecular weight is 512 g/mol. The van der Waals surface area contributed by atoms with Gasteiger partial charge in [-0.25, -0.2) is 9.97 Å². The van der Waals surface area contributed by atoms with E-state index in [0.29, 0.717) is 0 Å². The molecule has 186 valence electrons. The van der Waals surface area contributed by atoms with Crippen LogP contribution in [-0.4, -0.2) is 24.1 Å². The molecule has 4 heterocycles. The molecule has 0 saturated heterocycles. The molecule has 0 radical (unpaired) electrons. The Balaban J connectivity index is 1.67. The second-order valence-corrected chi connectivity index (χ2v) is 10.2. The third kappa shape index (κ3) is 2.73. The molecule has 0 fully saturated rings. The number of aromatic nitrogens is 5. The predicted molar refractivity (Wildman–Crippen MR) is 164 cm³/mol. The molecule has 0 atom stereocenters. The summed E-state index contributed by atoms with van der Waals surface area (Å²) in [6.07, 6.45) is 7.56. The van der Waals surface area contributed by atoms with Crippen LogP contribution in [0.2, 0.25) is 0 Å². The molecule has 4 aromatic heterocycles. The van der Waals surface area contributed by atoms with Crippen LogP contribution in [0.1, 0.15) is 0 Å². The predicted octanol–water partition coefficient (Wildman–Crippen LogP) is 8.37. The van der Waals surface area contributed by atoms with Crippen LogP contribution in [0.15, 0.2) is 128 Å². The van der Waals surface area contributed by atoms with Crippen LogP contribution in [-0.2, 0) is 0 Å². The largest absolute Gasteiger partial charge is 0.307 e. The first-order valence-electron chi connectivity index (χ1n) is 13.4. The van der Waals surface area contributed by atoms with Gasteiger partial charge < -0.3 is 9.13 Å². The van der Waals surface area contributed by atoms with E-state index in [1.165, 1.54) is 5.39 Å². The zero-order valence-corrected chi connectivity index (χ0v) is 21.4. The maximum Gasteiger partial charge on any atom is 0.116 e. The summed E-state index contributed by atoms with van der Waals surface area (Å²) in [5.74, 6) is 0. The molecule has 0 aliphatic carbocycles. The second-order valence-electron chi connectivity index (χ2n) is 10.2. The van der Waals surface area contributed by atoms with Crippen LogP contribution in [0, 0.1) is 0 Å². The number of pyridine rings is 1. The number of benzene rings is 5.